The first-order valence-electron chi connectivity index (χ1n) is 8.76. The quantitative estimate of drug-likeness (QED) is 0.868. The van der Waals surface area contributed by atoms with E-state index in [0.717, 1.165) is 32.1 Å². The molecule has 1 N–H and O–H groups in total. The van der Waals surface area contributed by atoms with Crippen LogP contribution in [-0.2, 0) is 16.4 Å². The fourth-order valence-electron chi connectivity index (χ4n) is 3.48. The molecular formula is C18H28N2O2S. The van der Waals surface area contributed by atoms with Gasteiger partial charge in [-0.15, -0.1) is 0 Å². The van der Waals surface area contributed by atoms with Crippen molar-refractivity contribution in [2.45, 2.75) is 63.3 Å². The van der Waals surface area contributed by atoms with Gasteiger partial charge in [0.2, 0.25) is 10.0 Å². The molecule has 1 saturated heterocycles. The Morgan fingerprint density at radius 2 is 1.83 bits per heavy atom. The standard InChI is InChI=1S/C18H28N2O2S/c1-14-5-3-4-6-16(14)13-15(2)19-17-9-11-20(12-10-17)23(21,22)18-7-8-18/h3-6,15,17-19H,7-13H2,1-2H3/t15-/m1/s1. The Balaban J connectivity index is 1.48. The number of rotatable bonds is 6. The third-order valence-electron chi connectivity index (χ3n) is 5.07. The highest BCUT2D eigenvalue weighted by atomic mass is 32.2. The predicted octanol–water partition coefficient (Wildman–Crippen LogP) is 2.47. The van der Waals surface area contributed by atoms with E-state index in [1.807, 2.05) is 0 Å². The Hall–Kier alpha value is -0.910. The smallest absolute Gasteiger partial charge is 0.216 e. The molecule has 1 aliphatic heterocycles. The van der Waals surface area contributed by atoms with Crippen LogP contribution in [0.2, 0.25) is 0 Å². The molecular weight excluding hydrogens is 308 g/mol. The lowest BCUT2D eigenvalue weighted by Crippen LogP contribution is -2.48. The second kappa shape index (κ2) is 6.91. The molecule has 0 unspecified atom stereocenters. The minimum atomic E-state index is -2.99. The van der Waals surface area contributed by atoms with Crippen LogP contribution in [-0.4, -0.2) is 43.1 Å². The van der Waals surface area contributed by atoms with E-state index in [4.69, 9.17) is 0 Å². The summed E-state index contributed by atoms with van der Waals surface area (Å²) in [5.74, 6) is 0. The van der Waals surface area contributed by atoms with Crippen molar-refractivity contribution in [2.24, 2.45) is 0 Å². The first-order chi connectivity index (χ1) is 11.0. The highest BCUT2D eigenvalue weighted by molar-refractivity contribution is 7.90. The molecule has 1 aromatic rings. The average Bonchev–Trinajstić information content (AvgIpc) is 3.35. The van der Waals surface area contributed by atoms with Crippen LogP contribution in [0.15, 0.2) is 24.3 Å². The van der Waals surface area contributed by atoms with Crippen molar-refractivity contribution in [1.29, 1.82) is 0 Å². The summed E-state index contributed by atoms with van der Waals surface area (Å²) in [7, 11) is -2.99. The molecule has 1 aromatic carbocycles. The van der Waals surface area contributed by atoms with Crippen molar-refractivity contribution in [3.63, 3.8) is 0 Å². The summed E-state index contributed by atoms with van der Waals surface area (Å²) in [5, 5.41) is 3.61. The third kappa shape index (κ3) is 4.14. The fourth-order valence-corrected chi connectivity index (χ4v) is 5.36. The Kier molecular flexibility index (Phi) is 5.09. The molecule has 128 valence electrons. The van der Waals surface area contributed by atoms with Crippen LogP contribution >= 0.6 is 0 Å². The number of piperidine rings is 1. The van der Waals surface area contributed by atoms with Gasteiger partial charge in [0.05, 0.1) is 5.25 Å². The summed E-state index contributed by atoms with van der Waals surface area (Å²) < 4.78 is 26.2. The Labute approximate surface area is 140 Å². The number of nitrogens with one attached hydrogen (secondary N) is 1. The molecule has 1 atom stereocenters. The number of hydrogen-bond donors (Lipinski definition) is 1. The molecule has 5 heteroatoms. The second-order valence-corrected chi connectivity index (χ2v) is 9.33. The fraction of sp³-hybridized carbons (Fsp3) is 0.667. The van der Waals surface area contributed by atoms with Crippen LogP contribution < -0.4 is 5.32 Å². The van der Waals surface area contributed by atoms with Crippen LogP contribution in [0.3, 0.4) is 0 Å². The zero-order chi connectivity index (χ0) is 16.4. The van der Waals surface area contributed by atoms with E-state index in [1.165, 1.54) is 11.1 Å². The lowest BCUT2D eigenvalue weighted by molar-refractivity contribution is 0.275. The highest BCUT2D eigenvalue weighted by Gasteiger charge is 2.41. The number of sulfonamides is 1. The monoisotopic (exact) mass is 336 g/mol. The van der Waals surface area contributed by atoms with E-state index >= 15 is 0 Å². The molecule has 0 amide bonds. The maximum absolute atomic E-state index is 12.3. The maximum Gasteiger partial charge on any atom is 0.216 e. The molecule has 0 spiro atoms. The van der Waals surface area contributed by atoms with E-state index in [0.29, 0.717) is 25.2 Å². The van der Waals surface area contributed by atoms with Crippen molar-refractivity contribution < 1.29 is 8.42 Å². The molecule has 1 saturated carbocycles. The second-order valence-electron chi connectivity index (χ2n) is 7.12. The van der Waals surface area contributed by atoms with Gasteiger partial charge in [0.1, 0.15) is 0 Å². The lowest BCUT2D eigenvalue weighted by Gasteiger charge is -2.33. The summed E-state index contributed by atoms with van der Waals surface area (Å²) in [6.45, 7) is 5.73. The zero-order valence-electron chi connectivity index (χ0n) is 14.2. The molecule has 0 bridgehead atoms. The van der Waals surface area contributed by atoms with Gasteiger partial charge >= 0.3 is 0 Å². The van der Waals surface area contributed by atoms with E-state index in [-0.39, 0.29) is 5.25 Å². The van der Waals surface area contributed by atoms with E-state index < -0.39 is 10.0 Å². The molecule has 3 rings (SSSR count). The lowest BCUT2D eigenvalue weighted by atomic mass is 10.00. The van der Waals surface area contributed by atoms with Gasteiger partial charge in [-0.25, -0.2) is 12.7 Å². The molecule has 2 aliphatic rings. The summed E-state index contributed by atoms with van der Waals surface area (Å²) in [5.41, 5.74) is 2.73. The minimum Gasteiger partial charge on any atom is -0.311 e. The molecule has 0 aromatic heterocycles. The average molecular weight is 337 g/mol. The van der Waals surface area contributed by atoms with Crippen molar-refractivity contribution in [2.75, 3.05) is 13.1 Å². The van der Waals surface area contributed by atoms with Gasteiger partial charge in [-0.05, 0) is 57.1 Å². The van der Waals surface area contributed by atoms with E-state index in [2.05, 4.69) is 43.4 Å². The van der Waals surface area contributed by atoms with Gasteiger partial charge in [0, 0.05) is 25.2 Å². The molecule has 0 radical (unpaired) electrons. The number of aryl methyl sites for hydroxylation is 1. The maximum atomic E-state index is 12.3. The number of hydrogen-bond acceptors (Lipinski definition) is 3. The van der Waals surface area contributed by atoms with Gasteiger partial charge in [0.25, 0.3) is 0 Å². The number of nitrogens with zero attached hydrogens (tertiary/aromatic N) is 1. The Bertz CT molecular complexity index is 632. The van der Waals surface area contributed by atoms with E-state index in [9.17, 15) is 8.42 Å². The summed E-state index contributed by atoms with van der Waals surface area (Å²) >= 11 is 0. The first kappa shape index (κ1) is 16.9. The third-order valence-corrected chi connectivity index (χ3v) is 7.47. The van der Waals surface area contributed by atoms with Gasteiger partial charge in [-0.2, -0.15) is 0 Å². The van der Waals surface area contributed by atoms with Crippen LogP contribution in [0.1, 0.15) is 43.7 Å². The Morgan fingerprint density at radius 1 is 1.17 bits per heavy atom. The minimum absolute atomic E-state index is 0.0769. The SMILES string of the molecule is Cc1ccccc1C[C@@H](C)NC1CCN(S(=O)(=O)C2CC2)CC1. The molecule has 4 nitrogen and oxygen atoms in total. The summed E-state index contributed by atoms with van der Waals surface area (Å²) in [4.78, 5) is 0. The van der Waals surface area contributed by atoms with Crippen molar-refractivity contribution in [3.05, 3.63) is 35.4 Å². The molecule has 2 fully saturated rings. The van der Waals surface area contributed by atoms with Gasteiger partial charge < -0.3 is 5.32 Å². The van der Waals surface area contributed by atoms with Crippen LogP contribution in [0.4, 0.5) is 0 Å². The topological polar surface area (TPSA) is 49.4 Å². The zero-order valence-corrected chi connectivity index (χ0v) is 15.0. The van der Waals surface area contributed by atoms with Gasteiger partial charge in [-0.1, -0.05) is 24.3 Å². The van der Waals surface area contributed by atoms with E-state index in [1.54, 1.807) is 4.31 Å². The van der Waals surface area contributed by atoms with Gasteiger partial charge in [-0.3, -0.25) is 0 Å². The normalized spacial score (nSPS) is 22.2. The van der Waals surface area contributed by atoms with Crippen molar-refractivity contribution in [3.8, 4) is 0 Å². The summed E-state index contributed by atoms with van der Waals surface area (Å²) in [6.07, 6.45) is 4.57. The summed E-state index contributed by atoms with van der Waals surface area (Å²) in [6, 6.07) is 9.36. The largest absolute Gasteiger partial charge is 0.311 e. The van der Waals surface area contributed by atoms with Crippen LogP contribution in [0.25, 0.3) is 0 Å². The number of benzene rings is 1. The van der Waals surface area contributed by atoms with Crippen molar-refractivity contribution >= 4 is 10.0 Å². The Morgan fingerprint density at radius 3 is 2.43 bits per heavy atom. The molecule has 23 heavy (non-hydrogen) atoms. The van der Waals surface area contributed by atoms with Gasteiger partial charge in [0.15, 0.2) is 0 Å². The van der Waals surface area contributed by atoms with Crippen LogP contribution in [0.5, 0.6) is 0 Å². The van der Waals surface area contributed by atoms with Crippen LogP contribution in [0, 0.1) is 6.92 Å². The molecule has 1 aliphatic carbocycles. The highest BCUT2D eigenvalue weighted by Crippen LogP contribution is 2.32. The predicted molar refractivity (Wildman–Crippen MR) is 94.0 cm³/mol. The first-order valence-corrected chi connectivity index (χ1v) is 10.3. The van der Waals surface area contributed by atoms with Crippen molar-refractivity contribution in [1.82, 2.24) is 9.62 Å². The molecule has 1 heterocycles.